The van der Waals surface area contributed by atoms with E-state index in [1.54, 1.807) is 0 Å². The summed E-state index contributed by atoms with van der Waals surface area (Å²) in [5.41, 5.74) is 0.899. The first-order valence-electron chi connectivity index (χ1n) is 6.61. The Bertz CT molecular complexity index is 468. The maximum absolute atomic E-state index is 10.6. The predicted molar refractivity (Wildman–Crippen MR) is 80.4 cm³/mol. The highest BCUT2D eigenvalue weighted by atomic mass is 127. The Kier molecular flexibility index (Phi) is 3.98. The molecule has 1 aromatic carbocycles. The number of benzene rings is 1. The van der Waals surface area contributed by atoms with Crippen molar-refractivity contribution in [3.05, 3.63) is 27.3 Å². The maximum Gasteiger partial charge on any atom is 0.126 e. The quantitative estimate of drug-likeness (QED) is 0.761. The fraction of sp³-hybridized carbons (Fsp3) is 0.571. The van der Waals surface area contributed by atoms with Crippen molar-refractivity contribution in [2.45, 2.75) is 25.2 Å². The average molecular weight is 375 g/mol. The van der Waals surface area contributed by atoms with Gasteiger partial charge in [-0.2, -0.15) is 0 Å². The summed E-state index contributed by atoms with van der Waals surface area (Å²) in [5, 5.41) is 10.6. The van der Waals surface area contributed by atoms with Crippen molar-refractivity contribution in [3.8, 4) is 5.75 Å². The lowest BCUT2D eigenvalue weighted by atomic mass is 9.97. The molecular formula is C14H18INO3. The van der Waals surface area contributed by atoms with Gasteiger partial charge in [0.2, 0.25) is 0 Å². The van der Waals surface area contributed by atoms with Crippen molar-refractivity contribution in [1.82, 2.24) is 4.90 Å². The third kappa shape index (κ3) is 2.74. The van der Waals surface area contributed by atoms with Crippen LogP contribution in [-0.4, -0.2) is 48.5 Å². The fourth-order valence-corrected chi connectivity index (χ4v) is 3.27. The molecule has 2 heterocycles. The molecule has 1 fully saturated rings. The molecule has 1 saturated heterocycles. The lowest BCUT2D eigenvalue weighted by molar-refractivity contribution is -0.0735. The van der Waals surface area contributed by atoms with Crippen LogP contribution >= 0.6 is 22.6 Å². The van der Waals surface area contributed by atoms with Crippen molar-refractivity contribution in [3.63, 3.8) is 0 Å². The van der Waals surface area contributed by atoms with Gasteiger partial charge in [-0.1, -0.05) is 6.07 Å². The minimum absolute atomic E-state index is 0.0268. The Balaban J connectivity index is 1.81. The molecule has 0 spiro atoms. The van der Waals surface area contributed by atoms with Crippen LogP contribution in [0, 0.1) is 3.57 Å². The number of hydrogen-bond donors (Lipinski definition) is 1. The lowest BCUT2D eigenvalue weighted by Crippen LogP contribution is -2.52. The molecule has 5 heteroatoms. The van der Waals surface area contributed by atoms with E-state index >= 15 is 0 Å². The number of ether oxygens (including phenoxy) is 2. The van der Waals surface area contributed by atoms with Gasteiger partial charge in [-0.25, -0.2) is 0 Å². The number of nitrogens with zero attached hydrogens (tertiary/aromatic N) is 1. The second kappa shape index (κ2) is 5.55. The molecule has 0 radical (unpaired) electrons. The van der Waals surface area contributed by atoms with Gasteiger partial charge in [0.1, 0.15) is 18.5 Å². The monoisotopic (exact) mass is 375 g/mol. The first kappa shape index (κ1) is 13.6. The van der Waals surface area contributed by atoms with Crippen molar-refractivity contribution < 1.29 is 14.6 Å². The average Bonchev–Trinajstić information content (AvgIpc) is 2.39. The van der Waals surface area contributed by atoms with E-state index in [0.29, 0.717) is 6.61 Å². The number of aliphatic hydroxyl groups excluding tert-OH is 1. The summed E-state index contributed by atoms with van der Waals surface area (Å²) in [6.07, 6.45) is -0.259. The van der Waals surface area contributed by atoms with Crippen LogP contribution in [0.3, 0.4) is 0 Å². The summed E-state index contributed by atoms with van der Waals surface area (Å²) >= 11 is 2.26. The summed E-state index contributed by atoms with van der Waals surface area (Å²) in [6.45, 7) is 5.04. The van der Waals surface area contributed by atoms with Gasteiger partial charge in [0, 0.05) is 22.2 Å². The SMILES string of the molecule is CC1CN([C@H]2COc3cc(I)ccc3[C@@H]2O)CCO1. The summed E-state index contributed by atoms with van der Waals surface area (Å²) in [7, 11) is 0. The van der Waals surface area contributed by atoms with Crippen LogP contribution in [0.15, 0.2) is 18.2 Å². The van der Waals surface area contributed by atoms with E-state index < -0.39 is 6.10 Å². The van der Waals surface area contributed by atoms with E-state index in [0.717, 1.165) is 34.6 Å². The standard InChI is InChI=1S/C14H18INO3/c1-9-7-16(4-5-18-9)12-8-19-13-6-10(15)2-3-11(13)14(12)17/h2-3,6,9,12,14,17H,4-5,7-8H2,1H3/t9?,12-,14-/m0/s1. The molecule has 19 heavy (non-hydrogen) atoms. The van der Waals surface area contributed by atoms with Gasteiger partial charge < -0.3 is 14.6 Å². The highest BCUT2D eigenvalue weighted by molar-refractivity contribution is 14.1. The van der Waals surface area contributed by atoms with Gasteiger partial charge in [-0.15, -0.1) is 0 Å². The molecule has 1 aromatic rings. The predicted octanol–water partition coefficient (Wildman–Crippen LogP) is 1.81. The number of morpholine rings is 1. The molecule has 0 saturated carbocycles. The third-order valence-electron chi connectivity index (χ3n) is 3.81. The Labute approximate surface area is 126 Å². The topological polar surface area (TPSA) is 41.9 Å². The lowest BCUT2D eigenvalue weighted by Gasteiger charge is -2.41. The molecule has 0 aliphatic carbocycles. The van der Waals surface area contributed by atoms with Crippen LogP contribution in [0.2, 0.25) is 0 Å². The number of hydrogen-bond acceptors (Lipinski definition) is 4. The van der Waals surface area contributed by atoms with Gasteiger partial charge in [-0.3, -0.25) is 4.90 Å². The number of aliphatic hydroxyl groups is 1. The zero-order chi connectivity index (χ0) is 13.4. The second-order valence-electron chi connectivity index (χ2n) is 5.18. The van der Waals surface area contributed by atoms with E-state index in [-0.39, 0.29) is 12.1 Å². The Morgan fingerprint density at radius 1 is 1.42 bits per heavy atom. The van der Waals surface area contributed by atoms with E-state index in [4.69, 9.17) is 9.47 Å². The van der Waals surface area contributed by atoms with Gasteiger partial charge in [0.15, 0.2) is 0 Å². The highest BCUT2D eigenvalue weighted by Crippen LogP contribution is 2.35. The van der Waals surface area contributed by atoms with Gasteiger partial charge in [-0.05, 0) is 41.6 Å². The summed E-state index contributed by atoms with van der Waals surface area (Å²) in [4.78, 5) is 2.28. The van der Waals surface area contributed by atoms with Gasteiger partial charge in [0.25, 0.3) is 0 Å². The van der Waals surface area contributed by atoms with Crippen molar-refractivity contribution in [2.75, 3.05) is 26.3 Å². The van der Waals surface area contributed by atoms with Crippen molar-refractivity contribution in [2.24, 2.45) is 0 Å². The first-order valence-corrected chi connectivity index (χ1v) is 7.69. The molecule has 1 unspecified atom stereocenters. The molecule has 0 aromatic heterocycles. The summed E-state index contributed by atoms with van der Waals surface area (Å²) in [5.74, 6) is 0.817. The van der Waals surface area contributed by atoms with E-state index in [2.05, 4.69) is 34.4 Å². The van der Waals surface area contributed by atoms with Crippen LogP contribution in [0.1, 0.15) is 18.6 Å². The van der Waals surface area contributed by atoms with Crippen molar-refractivity contribution in [1.29, 1.82) is 0 Å². The zero-order valence-corrected chi connectivity index (χ0v) is 13.0. The largest absolute Gasteiger partial charge is 0.491 e. The van der Waals surface area contributed by atoms with Gasteiger partial charge in [0.05, 0.1) is 18.8 Å². The Morgan fingerprint density at radius 2 is 2.26 bits per heavy atom. The molecule has 0 amide bonds. The molecule has 0 bridgehead atoms. The number of fused-ring (bicyclic) bond motifs is 1. The van der Waals surface area contributed by atoms with Crippen molar-refractivity contribution >= 4 is 22.6 Å². The molecule has 3 atom stereocenters. The molecule has 1 N–H and O–H groups in total. The molecule has 4 nitrogen and oxygen atoms in total. The van der Waals surface area contributed by atoms with E-state index in [9.17, 15) is 5.11 Å². The molecule has 104 valence electrons. The molecular weight excluding hydrogens is 357 g/mol. The zero-order valence-electron chi connectivity index (χ0n) is 10.9. The van der Waals surface area contributed by atoms with Crippen LogP contribution in [-0.2, 0) is 4.74 Å². The van der Waals surface area contributed by atoms with E-state index in [1.165, 1.54) is 0 Å². The second-order valence-corrected chi connectivity index (χ2v) is 6.43. The van der Waals surface area contributed by atoms with Crippen LogP contribution in [0.25, 0.3) is 0 Å². The Morgan fingerprint density at radius 3 is 3.05 bits per heavy atom. The van der Waals surface area contributed by atoms with Crippen LogP contribution in [0.5, 0.6) is 5.75 Å². The number of rotatable bonds is 1. The summed E-state index contributed by atoms with van der Waals surface area (Å²) in [6, 6.07) is 5.99. The molecule has 2 aliphatic rings. The molecule has 2 aliphatic heterocycles. The first-order chi connectivity index (χ1) is 9.15. The fourth-order valence-electron chi connectivity index (χ4n) is 2.80. The minimum atomic E-state index is -0.481. The molecule has 3 rings (SSSR count). The Hall–Kier alpha value is -0.370. The third-order valence-corrected chi connectivity index (χ3v) is 4.48. The van der Waals surface area contributed by atoms with Crippen LogP contribution in [0.4, 0.5) is 0 Å². The maximum atomic E-state index is 10.6. The summed E-state index contributed by atoms with van der Waals surface area (Å²) < 4.78 is 12.5. The number of halogens is 1. The highest BCUT2D eigenvalue weighted by Gasteiger charge is 2.35. The van der Waals surface area contributed by atoms with Gasteiger partial charge >= 0.3 is 0 Å². The normalized spacial score (nSPS) is 31.6. The van der Waals surface area contributed by atoms with E-state index in [1.807, 2.05) is 18.2 Å². The van der Waals surface area contributed by atoms with Crippen LogP contribution < -0.4 is 4.74 Å². The minimum Gasteiger partial charge on any atom is -0.491 e. The smallest absolute Gasteiger partial charge is 0.126 e.